The number of anilines is 1. The van der Waals surface area contributed by atoms with Gasteiger partial charge in [-0.3, -0.25) is 14.9 Å². The van der Waals surface area contributed by atoms with E-state index in [0.717, 1.165) is 29.3 Å². The van der Waals surface area contributed by atoms with E-state index >= 15 is 0 Å². The highest BCUT2D eigenvalue weighted by Crippen LogP contribution is 2.38. The molecule has 20 heavy (non-hydrogen) atoms. The fourth-order valence-corrected chi connectivity index (χ4v) is 3.21. The van der Waals surface area contributed by atoms with Crippen LogP contribution in [0.15, 0.2) is 18.2 Å². The van der Waals surface area contributed by atoms with Gasteiger partial charge >= 0.3 is 5.97 Å². The molecule has 0 amide bonds. The first-order chi connectivity index (χ1) is 9.42. The molecule has 0 unspecified atom stereocenters. The van der Waals surface area contributed by atoms with E-state index in [1.54, 1.807) is 12.1 Å². The van der Waals surface area contributed by atoms with E-state index in [0.29, 0.717) is 5.69 Å². The maximum Gasteiger partial charge on any atom is 0.305 e. The maximum atomic E-state index is 11.1. The molecular weight excluding hydrogens is 375 g/mol. The van der Waals surface area contributed by atoms with Crippen molar-refractivity contribution in [2.45, 2.75) is 37.6 Å². The van der Waals surface area contributed by atoms with Crippen LogP contribution in [0.2, 0.25) is 0 Å². The van der Waals surface area contributed by atoms with Gasteiger partial charge in [-0.2, -0.15) is 0 Å². The summed E-state index contributed by atoms with van der Waals surface area (Å²) in [7, 11) is 0. The first-order valence-electron chi connectivity index (χ1n) is 6.36. The molecule has 1 saturated carbocycles. The minimum absolute atomic E-state index is 0.00596. The zero-order chi connectivity index (χ0) is 14.8. The van der Waals surface area contributed by atoms with Gasteiger partial charge in [0.25, 0.3) is 5.69 Å². The predicted octanol–water partition coefficient (Wildman–Crippen LogP) is 3.40. The Morgan fingerprint density at radius 1 is 1.45 bits per heavy atom. The SMILES string of the molecule is O=C(O)CC1(Nc2ccc(I)cc2[N+](=O)[O-])CCCC1. The van der Waals surface area contributed by atoms with Gasteiger partial charge < -0.3 is 10.4 Å². The second kappa shape index (κ2) is 5.94. The predicted molar refractivity (Wildman–Crippen MR) is 82.9 cm³/mol. The van der Waals surface area contributed by atoms with Crippen LogP contribution in [0, 0.1) is 13.7 Å². The van der Waals surface area contributed by atoms with Crippen molar-refractivity contribution in [3.8, 4) is 0 Å². The molecule has 1 aliphatic rings. The number of nitrogens with zero attached hydrogens (tertiary/aromatic N) is 1. The van der Waals surface area contributed by atoms with Crippen LogP contribution in [-0.2, 0) is 4.79 Å². The Morgan fingerprint density at radius 3 is 2.65 bits per heavy atom. The average molecular weight is 390 g/mol. The summed E-state index contributed by atoms with van der Waals surface area (Å²) >= 11 is 2.02. The Morgan fingerprint density at radius 2 is 2.10 bits per heavy atom. The molecule has 1 aromatic carbocycles. The summed E-state index contributed by atoms with van der Waals surface area (Å²) in [6.07, 6.45) is 3.32. The number of carboxylic acid groups (broad SMARTS) is 1. The highest BCUT2D eigenvalue weighted by atomic mass is 127. The van der Waals surface area contributed by atoms with E-state index in [1.807, 2.05) is 22.6 Å². The van der Waals surface area contributed by atoms with E-state index in [2.05, 4.69) is 5.32 Å². The Balaban J connectivity index is 2.31. The lowest BCUT2D eigenvalue weighted by Gasteiger charge is -2.29. The molecule has 0 aromatic heterocycles. The van der Waals surface area contributed by atoms with Gasteiger partial charge in [0, 0.05) is 15.2 Å². The van der Waals surface area contributed by atoms with E-state index in [9.17, 15) is 14.9 Å². The van der Waals surface area contributed by atoms with Crippen LogP contribution in [0.3, 0.4) is 0 Å². The van der Waals surface area contributed by atoms with Crippen molar-refractivity contribution in [1.82, 2.24) is 0 Å². The van der Waals surface area contributed by atoms with Gasteiger partial charge in [0.1, 0.15) is 5.69 Å². The molecule has 0 saturated heterocycles. The minimum atomic E-state index is -0.882. The smallest absolute Gasteiger partial charge is 0.305 e. The summed E-state index contributed by atoms with van der Waals surface area (Å²) in [5.41, 5.74) is -0.171. The van der Waals surface area contributed by atoms with Gasteiger partial charge in [-0.15, -0.1) is 0 Å². The van der Waals surface area contributed by atoms with Crippen LogP contribution in [0.1, 0.15) is 32.1 Å². The van der Waals surface area contributed by atoms with Crippen LogP contribution in [0.4, 0.5) is 11.4 Å². The lowest BCUT2D eigenvalue weighted by molar-refractivity contribution is -0.384. The van der Waals surface area contributed by atoms with Crippen LogP contribution in [-0.4, -0.2) is 21.5 Å². The topological polar surface area (TPSA) is 92.5 Å². The summed E-state index contributed by atoms with van der Waals surface area (Å²) in [5.74, 6) is -0.882. The number of nitro benzene ring substituents is 1. The van der Waals surface area contributed by atoms with Gasteiger partial charge in [-0.25, -0.2) is 0 Å². The monoisotopic (exact) mass is 390 g/mol. The standard InChI is InChI=1S/C13H15IN2O4/c14-9-3-4-10(11(7-9)16(19)20)15-13(8-12(17)18)5-1-2-6-13/h3-4,7,15H,1-2,5-6,8H2,(H,17,18). The Bertz CT molecular complexity index is 541. The summed E-state index contributed by atoms with van der Waals surface area (Å²) in [4.78, 5) is 21.7. The van der Waals surface area contributed by atoms with Crippen LogP contribution in [0.25, 0.3) is 0 Å². The van der Waals surface area contributed by atoms with E-state index in [4.69, 9.17) is 5.11 Å². The Kier molecular flexibility index (Phi) is 4.46. The number of nitrogens with one attached hydrogen (secondary N) is 1. The molecule has 1 aromatic rings. The van der Waals surface area contributed by atoms with Crippen molar-refractivity contribution in [2.75, 3.05) is 5.32 Å². The van der Waals surface area contributed by atoms with E-state index in [1.165, 1.54) is 6.07 Å². The highest BCUT2D eigenvalue weighted by Gasteiger charge is 2.37. The van der Waals surface area contributed by atoms with Crippen LogP contribution >= 0.6 is 22.6 Å². The Labute approximate surface area is 129 Å². The third-order valence-corrected chi connectivity index (χ3v) is 4.28. The van der Waals surface area contributed by atoms with Crippen molar-refractivity contribution < 1.29 is 14.8 Å². The van der Waals surface area contributed by atoms with Gasteiger partial charge in [0.05, 0.1) is 11.3 Å². The molecule has 7 heteroatoms. The second-order valence-corrected chi connectivity index (χ2v) is 6.35. The largest absolute Gasteiger partial charge is 0.481 e. The molecule has 1 fully saturated rings. The van der Waals surface area contributed by atoms with Crippen molar-refractivity contribution in [2.24, 2.45) is 0 Å². The quantitative estimate of drug-likeness (QED) is 0.457. The zero-order valence-corrected chi connectivity index (χ0v) is 12.9. The number of hydrogen-bond donors (Lipinski definition) is 2. The fraction of sp³-hybridized carbons (Fsp3) is 0.462. The Hall–Kier alpha value is -1.38. The molecule has 1 aliphatic carbocycles. The van der Waals surface area contributed by atoms with Gasteiger partial charge in [-0.05, 0) is 47.6 Å². The molecule has 0 atom stereocenters. The number of halogens is 1. The average Bonchev–Trinajstić information content (AvgIpc) is 2.78. The van der Waals surface area contributed by atoms with Gasteiger partial charge in [-0.1, -0.05) is 12.8 Å². The number of nitro groups is 1. The molecular formula is C13H15IN2O4. The summed E-state index contributed by atoms with van der Waals surface area (Å²) < 4.78 is 0.776. The molecule has 108 valence electrons. The van der Waals surface area contributed by atoms with E-state index < -0.39 is 16.4 Å². The number of rotatable bonds is 5. The summed E-state index contributed by atoms with van der Waals surface area (Å²) in [5, 5.41) is 23.3. The van der Waals surface area contributed by atoms with Crippen molar-refractivity contribution in [3.63, 3.8) is 0 Å². The van der Waals surface area contributed by atoms with Gasteiger partial charge in [0.2, 0.25) is 0 Å². The van der Waals surface area contributed by atoms with Crippen LogP contribution in [0.5, 0.6) is 0 Å². The molecule has 0 aliphatic heterocycles. The molecule has 0 heterocycles. The fourth-order valence-electron chi connectivity index (χ4n) is 2.73. The minimum Gasteiger partial charge on any atom is -0.481 e. The maximum absolute atomic E-state index is 11.1. The van der Waals surface area contributed by atoms with Gasteiger partial charge in [0.15, 0.2) is 0 Å². The number of aliphatic carboxylic acids is 1. The number of carbonyl (C=O) groups is 1. The summed E-state index contributed by atoms with van der Waals surface area (Å²) in [6.45, 7) is 0. The highest BCUT2D eigenvalue weighted by molar-refractivity contribution is 14.1. The van der Waals surface area contributed by atoms with Crippen molar-refractivity contribution in [1.29, 1.82) is 0 Å². The lowest BCUT2D eigenvalue weighted by Crippen LogP contribution is -2.37. The van der Waals surface area contributed by atoms with Crippen LogP contribution < -0.4 is 5.32 Å². The third-order valence-electron chi connectivity index (χ3n) is 3.61. The molecule has 2 N–H and O–H groups in total. The summed E-state index contributed by atoms with van der Waals surface area (Å²) in [6, 6.07) is 4.92. The normalized spacial score (nSPS) is 16.9. The van der Waals surface area contributed by atoms with E-state index in [-0.39, 0.29) is 12.1 Å². The molecule has 0 bridgehead atoms. The molecule has 0 radical (unpaired) electrons. The van der Waals surface area contributed by atoms with Crippen molar-refractivity contribution >= 4 is 39.9 Å². The third kappa shape index (κ3) is 3.38. The lowest BCUT2D eigenvalue weighted by atomic mass is 9.92. The molecule has 6 nitrogen and oxygen atoms in total. The number of hydrogen-bond acceptors (Lipinski definition) is 4. The zero-order valence-electron chi connectivity index (χ0n) is 10.8. The second-order valence-electron chi connectivity index (χ2n) is 5.10. The first-order valence-corrected chi connectivity index (χ1v) is 7.44. The first kappa shape index (κ1) is 15.0. The molecule has 0 spiro atoms. The van der Waals surface area contributed by atoms with Crippen molar-refractivity contribution in [3.05, 3.63) is 31.9 Å². The number of carboxylic acids is 1. The number of benzene rings is 1. The molecule has 2 rings (SSSR count).